The van der Waals surface area contributed by atoms with E-state index in [4.69, 9.17) is 19.3 Å². The molecular formula is C32H29IO8. The van der Waals surface area contributed by atoms with Crippen LogP contribution in [0.1, 0.15) is 55.3 Å². The van der Waals surface area contributed by atoms with Crippen LogP contribution in [0.25, 0.3) is 0 Å². The van der Waals surface area contributed by atoms with Crippen molar-refractivity contribution in [2.45, 2.75) is 13.8 Å². The van der Waals surface area contributed by atoms with Gasteiger partial charge in [0.15, 0.2) is 12.6 Å². The Morgan fingerprint density at radius 1 is 0.707 bits per heavy atom. The molecule has 0 spiro atoms. The standard InChI is InChI=1S/C16H14O4.C9H10O3.C7H5IO/c1-2-19-16(18)12-7-5-8-14(10-12)20-15-9-4-3-6-13(15)11-17;1-2-12-9(11)7-4-3-5-8(10)6-7;8-7-4-2-1-3-6(7)5-9/h3-11H,2H2,1H3;3-6,10H,2H2,1H3;1-5H. The highest BCUT2D eigenvalue weighted by atomic mass is 127. The Balaban J connectivity index is 0.000000237. The van der Waals surface area contributed by atoms with Gasteiger partial charge in [-0.15, -0.1) is 0 Å². The summed E-state index contributed by atoms with van der Waals surface area (Å²) in [6.45, 7) is 4.14. The van der Waals surface area contributed by atoms with Gasteiger partial charge in [0, 0.05) is 9.13 Å². The fourth-order valence-electron chi connectivity index (χ4n) is 3.12. The topological polar surface area (TPSA) is 116 Å². The molecule has 0 saturated heterocycles. The van der Waals surface area contributed by atoms with Crippen LogP contribution in [0.3, 0.4) is 0 Å². The van der Waals surface area contributed by atoms with Crippen LogP contribution in [0, 0.1) is 3.57 Å². The van der Waals surface area contributed by atoms with Crippen molar-refractivity contribution in [3.63, 3.8) is 0 Å². The molecule has 8 nitrogen and oxygen atoms in total. The number of carbonyl (C=O) groups excluding carboxylic acids is 4. The molecule has 4 aromatic rings. The van der Waals surface area contributed by atoms with Crippen molar-refractivity contribution in [1.29, 1.82) is 0 Å². The normalized spacial score (nSPS) is 9.54. The number of carbonyl (C=O) groups is 4. The van der Waals surface area contributed by atoms with Crippen molar-refractivity contribution in [1.82, 2.24) is 0 Å². The molecule has 1 N–H and O–H groups in total. The highest BCUT2D eigenvalue weighted by molar-refractivity contribution is 14.1. The molecule has 0 unspecified atom stereocenters. The zero-order valence-electron chi connectivity index (χ0n) is 22.5. The van der Waals surface area contributed by atoms with Crippen molar-refractivity contribution < 1.29 is 38.5 Å². The fraction of sp³-hybridized carbons (Fsp3) is 0.125. The first-order valence-electron chi connectivity index (χ1n) is 12.5. The Hall–Kier alpha value is -4.51. The summed E-state index contributed by atoms with van der Waals surface area (Å²) in [5, 5.41) is 9.02. The van der Waals surface area contributed by atoms with Crippen LogP contribution in [0.2, 0.25) is 0 Å². The number of rotatable bonds is 8. The largest absolute Gasteiger partial charge is 0.508 e. The van der Waals surface area contributed by atoms with Crippen molar-refractivity contribution in [2.75, 3.05) is 13.2 Å². The lowest BCUT2D eigenvalue weighted by atomic mass is 10.2. The summed E-state index contributed by atoms with van der Waals surface area (Å²) in [5.41, 5.74) is 2.00. The lowest BCUT2D eigenvalue weighted by Gasteiger charge is -2.09. The number of hydrogen-bond acceptors (Lipinski definition) is 8. The average Bonchev–Trinajstić information content (AvgIpc) is 2.99. The molecule has 0 aromatic heterocycles. The maximum absolute atomic E-state index is 11.6. The van der Waals surface area contributed by atoms with Crippen LogP contribution >= 0.6 is 22.6 Å². The van der Waals surface area contributed by atoms with Crippen LogP contribution in [0.15, 0.2) is 97.1 Å². The number of benzene rings is 4. The van der Waals surface area contributed by atoms with Crippen LogP contribution in [-0.4, -0.2) is 42.8 Å². The minimum absolute atomic E-state index is 0.0700. The average molecular weight is 668 g/mol. The Morgan fingerprint density at radius 2 is 1.24 bits per heavy atom. The summed E-state index contributed by atoms with van der Waals surface area (Å²) >= 11 is 2.13. The smallest absolute Gasteiger partial charge is 0.338 e. The second-order valence-corrected chi connectivity index (χ2v) is 9.08. The van der Waals surface area contributed by atoms with Gasteiger partial charge in [0.05, 0.1) is 29.9 Å². The van der Waals surface area contributed by atoms with Crippen molar-refractivity contribution in [3.05, 3.63) is 123 Å². The molecular weight excluding hydrogens is 639 g/mol. The predicted octanol–water partition coefficient (Wildman–Crippen LogP) is 7.14. The number of aromatic hydroxyl groups is 1. The van der Waals surface area contributed by atoms with Gasteiger partial charge in [0.25, 0.3) is 0 Å². The molecule has 0 fully saturated rings. The van der Waals surface area contributed by atoms with E-state index < -0.39 is 11.9 Å². The Labute approximate surface area is 252 Å². The quantitative estimate of drug-likeness (QED) is 0.120. The number of esters is 2. The SMILES string of the molecule is CCOC(=O)c1cccc(O)c1.CCOC(=O)c1cccc(Oc2ccccc2C=O)c1.O=Cc1ccccc1I. The molecule has 0 saturated carbocycles. The first kappa shape index (κ1) is 32.7. The maximum atomic E-state index is 11.6. The first-order valence-corrected chi connectivity index (χ1v) is 13.6. The van der Waals surface area contributed by atoms with Crippen molar-refractivity contribution in [2.24, 2.45) is 0 Å². The second-order valence-electron chi connectivity index (χ2n) is 7.92. The first-order chi connectivity index (χ1) is 19.8. The van der Waals surface area contributed by atoms with Gasteiger partial charge in [-0.1, -0.05) is 42.5 Å². The molecule has 41 heavy (non-hydrogen) atoms. The van der Waals surface area contributed by atoms with E-state index in [-0.39, 0.29) is 5.75 Å². The number of para-hydroxylation sites is 1. The van der Waals surface area contributed by atoms with Gasteiger partial charge in [-0.25, -0.2) is 9.59 Å². The Morgan fingerprint density at radius 3 is 1.78 bits per heavy atom. The molecule has 0 bridgehead atoms. The second kappa shape index (κ2) is 18.0. The van der Waals surface area contributed by atoms with Crippen LogP contribution in [0.4, 0.5) is 0 Å². The number of phenolic OH excluding ortho intramolecular Hbond substituents is 1. The highest BCUT2D eigenvalue weighted by Crippen LogP contribution is 2.25. The monoisotopic (exact) mass is 668 g/mol. The van der Waals surface area contributed by atoms with Gasteiger partial charge in [-0.3, -0.25) is 9.59 Å². The minimum Gasteiger partial charge on any atom is -0.508 e. The zero-order valence-corrected chi connectivity index (χ0v) is 24.6. The maximum Gasteiger partial charge on any atom is 0.338 e. The lowest BCUT2D eigenvalue weighted by Crippen LogP contribution is -2.04. The van der Waals surface area contributed by atoms with E-state index in [1.165, 1.54) is 12.1 Å². The summed E-state index contributed by atoms with van der Waals surface area (Å²) in [5.74, 6) is 0.184. The van der Waals surface area contributed by atoms with Gasteiger partial charge >= 0.3 is 11.9 Å². The zero-order chi connectivity index (χ0) is 30.0. The highest BCUT2D eigenvalue weighted by Gasteiger charge is 2.09. The van der Waals surface area contributed by atoms with E-state index in [0.717, 1.165) is 21.7 Å². The van der Waals surface area contributed by atoms with Crippen LogP contribution in [0.5, 0.6) is 17.2 Å². The Kier molecular flexibility index (Phi) is 14.3. The van der Waals surface area contributed by atoms with E-state index in [1.807, 2.05) is 18.2 Å². The van der Waals surface area contributed by atoms with Crippen molar-refractivity contribution in [3.8, 4) is 17.2 Å². The van der Waals surface area contributed by atoms with Crippen molar-refractivity contribution >= 4 is 47.1 Å². The van der Waals surface area contributed by atoms with E-state index in [0.29, 0.717) is 41.4 Å². The van der Waals surface area contributed by atoms with Crippen LogP contribution < -0.4 is 4.74 Å². The summed E-state index contributed by atoms with van der Waals surface area (Å²) < 4.78 is 16.3. The van der Waals surface area contributed by atoms with Crippen LogP contribution in [-0.2, 0) is 9.47 Å². The molecule has 0 aliphatic heterocycles. The number of hydrogen-bond donors (Lipinski definition) is 1. The molecule has 0 radical (unpaired) electrons. The van der Waals surface area contributed by atoms with Gasteiger partial charge < -0.3 is 19.3 Å². The number of ether oxygens (including phenoxy) is 3. The molecule has 0 aliphatic carbocycles. The summed E-state index contributed by atoms with van der Waals surface area (Å²) in [7, 11) is 0. The Bertz CT molecular complexity index is 1450. The van der Waals surface area contributed by atoms with Gasteiger partial charge in [0.2, 0.25) is 0 Å². The molecule has 0 aliphatic rings. The molecule has 212 valence electrons. The summed E-state index contributed by atoms with van der Waals surface area (Å²) in [6, 6.07) is 27.1. The number of phenols is 1. The molecule has 0 heterocycles. The minimum atomic E-state index is -0.409. The summed E-state index contributed by atoms with van der Waals surface area (Å²) in [4.78, 5) is 43.8. The van der Waals surface area contributed by atoms with E-state index in [9.17, 15) is 19.2 Å². The predicted molar refractivity (Wildman–Crippen MR) is 163 cm³/mol. The summed E-state index contributed by atoms with van der Waals surface area (Å²) in [6.07, 6.45) is 1.59. The number of halogens is 1. The molecule has 4 aromatic carbocycles. The number of aldehydes is 2. The molecule has 0 atom stereocenters. The molecule has 0 amide bonds. The third-order valence-corrected chi connectivity index (χ3v) is 5.99. The van der Waals surface area contributed by atoms with E-state index in [2.05, 4.69) is 22.6 Å². The third-order valence-electron chi connectivity index (χ3n) is 5.01. The van der Waals surface area contributed by atoms with E-state index in [1.54, 1.807) is 80.6 Å². The third kappa shape index (κ3) is 11.2. The van der Waals surface area contributed by atoms with E-state index >= 15 is 0 Å². The molecule has 4 rings (SSSR count). The van der Waals surface area contributed by atoms with Gasteiger partial charge in [-0.2, -0.15) is 0 Å². The molecule has 9 heteroatoms. The lowest BCUT2D eigenvalue weighted by molar-refractivity contribution is 0.0516. The van der Waals surface area contributed by atoms with Gasteiger partial charge in [0.1, 0.15) is 17.2 Å². The van der Waals surface area contributed by atoms with Gasteiger partial charge in [-0.05, 0) is 91.0 Å². The fourth-order valence-corrected chi connectivity index (χ4v) is 3.63.